The molecule has 5 heteroatoms. The van der Waals surface area contributed by atoms with Gasteiger partial charge in [0.1, 0.15) is 5.82 Å². The minimum absolute atomic E-state index is 0.240. The number of guanidine groups is 1. The number of fused-ring (bicyclic) bond motifs is 1. The lowest BCUT2D eigenvalue weighted by molar-refractivity contribution is 0.629. The van der Waals surface area contributed by atoms with Crippen molar-refractivity contribution in [3.8, 4) is 0 Å². The number of nitrogens with two attached hydrogens (primary N) is 1. The molecule has 0 amide bonds. The Bertz CT molecular complexity index is 851. The predicted molar refractivity (Wildman–Crippen MR) is 93.3 cm³/mol. The normalized spacial score (nSPS) is 11.8. The molecule has 0 aliphatic heterocycles. The summed E-state index contributed by atoms with van der Waals surface area (Å²) < 4.78 is 13.2. The third-order valence-corrected chi connectivity index (χ3v) is 3.68. The molecule has 0 fully saturated rings. The fraction of sp³-hybridized carbons (Fsp3) is 0.167. The predicted octanol–water partition coefficient (Wildman–Crippen LogP) is 3.58. The van der Waals surface area contributed by atoms with Gasteiger partial charge in [0.15, 0.2) is 5.96 Å². The van der Waals surface area contributed by atoms with Crippen molar-refractivity contribution < 1.29 is 4.39 Å². The number of nitrogens with one attached hydrogen (secondary N) is 2. The fourth-order valence-electron chi connectivity index (χ4n) is 2.57. The Morgan fingerprint density at radius 1 is 1.26 bits per heavy atom. The van der Waals surface area contributed by atoms with E-state index in [1.807, 2.05) is 37.4 Å². The maximum absolute atomic E-state index is 13.2. The van der Waals surface area contributed by atoms with E-state index in [0.29, 0.717) is 12.5 Å². The van der Waals surface area contributed by atoms with E-state index in [1.54, 1.807) is 6.07 Å². The van der Waals surface area contributed by atoms with Crippen molar-refractivity contribution in [2.75, 3.05) is 11.9 Å². The Morgan fingerprint density at radius 2 is 2.13 bits per heavy atom. The summed E-state index contributed by atoms with van der Waals surface area (Å²) in [5, 5.41) is 4.10. The molecular formula is C18H19FN4. The summed E-state index contributed by atoms with van der Waals surface area (Å²) in [5.74, 6) is 0.150. The first kappa shape index (κ1) is 15.1. The first-order valence-corrected chi connectivity index (χ1v) is 7.51. The molecule has 4 N–H and O–H groups in total. The van der Waals surface area contributed by atoms with Crippen molar-refractivity contribution in [1.29, 1.82) is 0 Å². The average Bonchev–Trinajstić information content (AvgIpc) is 2.89. The average molecular weight is 310 g/mol. The van der Waals surface area contributed by atoms with E-state index in [2.05, 4.69) is 15.3 Å². The molecule has 0 aliphatic rings. The van der Waals surface area contributed by atoms with Crippen LogP contribution in [0.15, 0.2) is 53.7 Å². The van der Waals surface area contributed by atoms with Crippen molar-refractivity contribution in [3.63, 3.8) is 0 Å². The highest BCUT2D eigenvalue weighted by molar-refractivity contribution is 5.92. The second kappa shape index (κ2) is 6.52. The van der Waals surface area contributed by atoms with Crippen LogP contribution in [0.2, 0.25) is 0 Å². The molecule has 0 aliphatic carbocycles. The molecule has 118 valence electrons. The molecule has 23 heavy (non-hydrogen) atoms. The molecular weight excluding hydrogens is 291 g/mol. The number of aliphatic imine (C=N–C) groups is 1. The quantitative estimate of drug-likeness (QED) is 0.509. The van der Waals surface area contributed by atoms with Gasteiger partial charge >= 0.3 is 0 Å². The van der Waals surface area contributed by atoms with E-state index in [1.165, 1.54) is 12.1 Å². The van der Waals surface area contributed by atoms with Crippen molar-refractivity contribution in [1.82, 2.24) is 4.98 Å². The van der Waals surface area contributed by atoms with E-state index in [9.17, 15) is 4.39 Å². The Morgan fingerprint density at radius 3 is 2.96 bits per heavy atom. The molecule has 0 saturated carbocycles. The van der Waals surface area contributed by atoms with Gasteiger partial charge in [-0.1, -0.05) is 12.1 Å². The summed E-state index contributed by atoms with van der Waals surface area (Å²) in [6.45, 7) is 2.59. The zero-order chi connectivity index (χ0) is 16.2. The molecule has 0 atom stereocenters. The maximum Gasteiger partial charge on any atom is 0.193 e. The SMILES string of the molecule is Cc1cccc(NC(N)=NCCc2c[nH]c3cc(F)ccc23)c1. The number of rotatable bonds is 4. The molecule has 3 aromatic rings. The molecule has 0 unspecified atom stereocenters. The lowest BCUT2D eigenvalue weighted by Crippen LogP contribution is -2.23. The number of aromatic nitrogens is 1. The number of hydrogen-bond donors (Lipinski definition) is 3. The van der Waals surface area contributed by atoms with Crippen LogP contribution < -0.4 is 11.1 Å². The fourth-order valence-corrected chi connectivity index (χ4v) is 2.57. The van der Waals surface area contributed by atoms with Crippen molar-refractivity contribution >= 4 is 22.5 Å². The van der Waals surface area contributed by atoms with E-state index in [-0.39, 0.29) is 5.82 Å². The van der Waals surface area contributed by atoms with Gasteiger partial charge in [-0.15, -0.1) is 0 Å². The molecule has 0 radical (unpaired) electrons. The lowest BCUT2D eigenvalue weighted by atomic mass is 10.1. The number of aryl methyl sites for hydroxylation is 1. The third kappa shape index (κ3) is 3.69. The largest absolute Gasteiger partial charge is 0.370 e. The highest BCUT2D eigenvalue weighted by Gasteiger charge is 2.04. The Kier molecular flexibility index (Phi) is 4.28. The van der Waals surface area contributed by atoms with Gasteiger partial charge in [0.25, 0.3) is 0 Å². The number of nitrogens with zero attached hydrogens (tertiary/aromatic N) is 1. The highest BCUT2D eigenvalue weighted by Crippen LogP contribution is 2.19. The van der Waals surface area contributed by atoms with Crippen LogP contribution in [0.25, 0.3) is 10.9 Å². The zero-order valence-corrected chi connectivity index (χ0v) is 12.9. The standard InChI is InChI=1S/C18H19FN4/c1-12-3-2-4-15(9-12)23-18(20)21-8-7-13-11-22-17-10-14(19)5-6-16(13)17/h2-6,9-11,22H,7-8H2,1H3,(H3,20,21,23). The van der Waals surface area contributed by atoms with E-state index < -0.39 is 0 Å². The maximum atomic E-state index is 13.2. The zero-order valence-electron chi connectivity index (χ0n) is 12.9. The molecule has 1 heterocycles. The number of benzene rings is 2. The van der Waals surface area contributed by atoms with E-state index in [0.717, 1.165) is 34.1 Å². The molecule has 0 bridgehead atoms. The minimum Gasteiger partial charge on any atom is -0.370 e. The number of anilines is 1. The van der Waals surface area contributed by atoms with Gasteiger partial charge in [0.05, 0.1) is 0 Å². The summed E-state index contributed by atoms with van der Waals surface area (Å²) in [7, 11) is 0. The van der Waals surface area contributed by atoms with Gasteiger partial charge in [-0.25, -0.2) is 4.39 Å². The summed E-state index contributed by atoms with van der Waals surface area (Å²) >= 11 is 0. The van der Waals surface area contributed by atoms with Crippen LogP contribution in [0, 0.1) is 12.7 Å². The molecule has 0 saturated heterocycles. The van der Waals surface area contributed by atoms with Gasteiger partial charge < -0.3 is 16.0 Å². The van der Waals surface area contributed by atoms with Gasteiger partial charge in [-0.3, -0.25) is 4.99 Å². The van der Waals surface area contributed by atoms with Crippen LogP contribution in [0.1, 0.15) is 11.1 Å². The van der Waals surface area contributed by atoms with Crippen molar-refractivity contribution in [2.24, 2.45) is 10.7 Å². The van der Waals surface area contributed by atoms with Gasteiger partial charge in [0.2, 0.25) is 0 Å². The highest BCUT2D eigenvalue weighted by atomic mass is 19.1. The second-order valence-electron chi connectivity index (χ2n) is 5.52. The number of H-pyrrole nitrogens is 1. The van der Waals surface area contributed by atoms with Crippen LogP contribution in [0.4, 0.5) is 10.1 Å². The minimum atomic E-state index is -0.240. The Balaban J connectivity index is 1.63. The summed E-state index contributed by atoms with van der Waals surface area (Å²) in [6.07, 6.45) is 2.63. The lowest BCUT2D eigenvalue weighted by Gasteiger charge is -2.06. The van der Waals surface area contributed by atoms with Crippen LogP contribution >= 0.6 is 0 Å². The van der Waals surface area contributed by atoms with Crippen molar-refractivity contribution in [2.45, 2.75) is 13.3 Å². The van der Waals surface area contributed by atoms with Crippen LogP contribution in [-0.4, -0.2) is 17.5 Å². The monoisotopic (exact) mass is 310 g/mol. The van der Waals surface area contributed by atoms with E-state index in [4.69, 9.17) is 5.73 Å². The van der Waals surface area contributed by atoms with Gasteiger partial charge in [-0.2, -0.15) is 0 Å². The first-order chi connectivity index (χ1) is 11.1. The molecule has 0 spiro atoms. The van der Waals surface area contributed by atoms with Gasteiger partial charge in [0, 0.05) is 29.3 Å². The first-order valence-electron chi connectivity index (χ1n) is 7.51. The molecule has 1 aromatic heterocycles. The van der Waals surface area contributed by atoms with Crippen LogP contribution in [-0.2, 0) is 6.42 Å². The number of halogens is 1. The Hall–Kier alpha value is -2.82. The second-order valence-corrected chi connectivity index (χ2v) is 5.52. The molecule has 4 nitrogen and oxygen atoms in total. The van der Waals surface area contributed by atoms with Crippen LogP contribution in [0.5, 0.6) is 0 Å². The number of aromatic amines is 1. The van der Waals surface area contributed by atoms with Gasteiger partial charge in [-0.05, 0) is 54.8 Å². The third-order valence-electron chi connectivity index (χ3n) is 3.68. The summed E-state index contributed by atoms with van der Waals surface area (Å²) in [4.78, 5) is 7.42. The Labute approximate surface area is 134 Å². The summed E-state index contributed by atoms with van der Waals surface area (Å²) in [6, 6.07) is 12.7. The summed E-state index contributed by atoms with van der Waals surface area (Å²) in [5.41, 5.74) is 9.90. The smallest absolute Gasteiger partial charge is 0.193 e. The topological polar surface area (TPSA) is 66.2 Å². The van der Waals surface area contributed by atoms with Crippen LogP contribution in [0.3, 0.4) is 0 Å². The van der Waals surface area contributed by atoms with E-state index >= 15 is 0 Å². The number of hydrogen-bond acceptors (Lipinski definition) is 1. The van der Waals surface area contributed by atoms with Crippen molar-refractivity contribution in [3.05, 3.63) is 65.6 Å². The molecule has 2 aromatic carbocycles. The molecule has 3 rings (SSSR count).